The zero-order chi connectivity index (χ0) is 13.8. The van der Waals surface area contributed by atoms with Gasteiger partial charge in [0.05, 0.1) is 13.0 Å². The second-order valence-corrected chi connectivity index (χ2v) is 6.47. The molecule has 1 rings (SSSR count). The molecule has 0 bridgehead atoms. The van der Waals surface area contributed by atoms with E-state index >= 15 is 0 Å². The molecule has 1 aliphatic carbocycles. The van der Waals surface area contributed by atoms with Crippen molar-refractivity contribution in [2.24, 2.45) is 11.8 Å². The Morgan fingerprint density at radius 1 is 1.17 bits per heavy atom. The summed E-state index contributed by atoms with van der Waals surface area (Å²) in [6, 6.07) is 0. The first kappa shape index (κ1) is 15.3. The van der Waals surface area contributed by atoms with Gasteiger partial charge < -0.3 is 14.2 Å². The van der Waals surface area contributed by atoms with Crippen molar-refractivity contribution in [2.45, 2.75) is 25.7 Å². The highest BCUT2D eigenvalue weighted by atomic mass is 31.2. The molecule has 0 aromatic heterocycles. The minimum Gasteiger partial charge on any atom is -0.469 e. The van der Waals surface area contributed by atoms with Gasteiger partial charge in [-0.05, 0) is 25.7 Å². The molecule has 0 saturated heterocycles. The fraction of sp³-hybridized carbons (Fsp3) is 0.818. The Hall–Kier alpha value is -0.710. The van der Waals surface area contributed by atoms with E-state index in [1.165, 1.54) is 7.11 Å². The van der Waals surface area contributed by atoms with Crippen LogP contribution in [0.15, 0.2) is 0 Å². The van der Waals surface area contributed by atoms with Crippen LogP contribution in [0.2, 0.25) is 0 Å². The number of hydrogen-bond acceptors (Lipinski definition) is 5. The Labute approximate surface area is 106 Å². The standard InChI is InChI=1S/C11H19O6P/c1-16-11(13)9-5-3-8(4-6-9)10(12)7-18(14,15)17-2/h8-9H,3-7H2,1-2H3,(H,14,15). The highest BCUT2D eigenvalue weighted by Gasteiger charge is 2.33. The van der Waals surface area contributed by atoms with Gasteiger partial charge in [0.25, 0.3) is 0 Å². The molecule has 1 aliphatic rings. The minimum atomic E-state index is -3.78. The quantitative estimate of drug-likeness (QED) is 0.603. The molecule has 104 valence electrons. The molecule has 0 aliphatic heterocycles. The molecule has 0 aromatic carbocycles. The number of ketones is 1. The van der Waals surface area contributed by atoms with Crippen molar-refractivity contribution in [3.8, 4) is 0 Å². The highest BCUT2D eigenvalue weighted by Crippen LogP contribution is 2.42. The summed E-state index contributed by atoms with van der Waals surface area (Å²) in [6.07, 6.45) is 1.85. The maximum Gasteiger partial charge on any atom is 0.335 e. The average molecular weight is 278 g/mol. The molecule has 1 N–H and O–H groups in total. The number of rotatable bonds is 5. The van der Waals surface area contributed by atoms with Crippen LogP contribution in [0.5, 0.6) is 0 Å². The molecule has 0 aromatic rings. The molecule has 0 spiro atoms. The average Bonchev–Trinajstić information content (AvgIpc) is 2.37. The van der Waals surface area contributed by atoms with Crippen LogP contribution in [0.1, 0.15) is 25.7 Å². The normalized spacial score (nSPS) is 27.3. The Morgan fingerprint density at radius 3 is 2.11 bits per heavy atom. The molecule has 1 fully saturated rings. The van der Waals surface area contributed by atoms with Crippen molar-refractivity contribution in [3.63, 3.8) is 0 Å². The van der Waals surface area contributed by atoms with E-state index in [1.54, 1.807) is 0 Å². The molecule has 0 amide bonds. The maximum atomic E-state index is 11.8. The largest absolute Gasteiger partial charge is 0.469 e. The topological polar surface area (TPSA) is 89.9 Å². The lowest BCUT2D eigenvalue weighted by molar-refractivity contribution is -0.147. The van der Waals surface area contributed by atoms with Gasteiger partial charge in [0.2, 0.25) is 0 Å². The number of methoxy groups -OCH3 is 1. The van der Waals surface area contributed by atoms with Crippen LogP contribution >= 0.6 is 7.60 Å². The molecule has 0 heterocycles. The molecule has 0 radical (unpaired) electrons. The summed E-state index contributed by atoms with van der Waals surface area (Å²) in [5.74, 6) is -0.902. The zero-order valence-electron chi connectivity index (χ0n) is 10.6. The SMILES string of the molecule is COC(=O)C1CCC(C(=O)CP(=O)(O)OC)CC1. The number of ether oxygens (including phenoxy) is 1. The van der Waals surface area contributed by atoms with E-state index in [9.17, 15) is 19.0 Å². The minimum absolute atomic E-state index is 0.151. The van der Waals surface area contributed by atoms with Gasteiger partial charge in [-0.3, -0.25) is 14.2 Å². The van der Waals surface area contributed by atoms with E-state index in [4.69, 9.17) is 0 Å². The third kappa shape index (κ3) is 4.19. The second kappa shape index (κ2) is 6.45. The molecule has 6 nitrogen and oxygen atoms in total. The third-order valence-electron chi connectivity index (χ3n) is 3.36. The van der Waals surface area contributed by atoms with Crippen molar-refractivity contribution in [2.75, 3.05) is 20.4 Å². The van der Waals surface area contributed by atoms with Crippen LogP contribution in [0.25, 0.3) is 0 Å². The van der Waals surface area contributed by atoms with Crippen LogP contribution in [0.3, 0.4) is 0 Å². The van der Waals surface area contributed by atoms with Crippen LogP contribution in [-0.2, 0) is 23.4 Å². The summed E-state index contributed by atoms with van der Waals surface area (Å²) in [7, 11) is -1.32. The Kier molecular flexibility index (Phi) is 5.50. The lowest BCUT2D eigenvalue weighted by Crippen LogP contribution is -2.28. The molecule has 18 heavy (non-hydrogen) atoms. The van der Waals surface area contributed by atoms with Crippen molar-refractivity contribution in [1.29, 1.82) is 0 Å². The van der Waals surface area contributed by atoms with E-state index in [2.05, 4.69) is 9.26 Å². The maximum absolute atomic E-state index is 11.8. The van der Waals surface area contributed by atoms with Crippen molar-refractivity contribution >= 4 is 19.3 Å². The van der Waals surface area contributed by atoms with E-state index < -0.39 is 13.8 Å². The first-order chi connectivity index (χ1) is 8.39. The van der Waals surface area contributed by atoms with Crippen molar-refractivity contribution in [1.82, 2.24) is 0 Å². The number of Topliss-reactive ketones (excluding diaryl/α,β-unsaturated/α-hetero) is 1. The predicted molar refractivity (Wildman–Crippen MR) is 64.2 cm³/mol. The van der Waals surface area contributed by atoms with Gasteiger partial charge in [0, 0.05) is 13.0 Å². The zero-order valence-corrected chi connectivity index (χ0v) is 11.5. The third-order valence-corrected chi connectivity index (χ3v) is 4.64. The lowest BCUT2D eigenvalue weighted by Gasteiger charge is -2.26. The summed E-state index contributed by atoms with van der Waals surface area (Å²) < 4.78 is 20.3. The number of carbonyl (C=O) groups excluding carboxylic acids is 2. The summed E-state index contributed by atoms with van der Waals surface area (Å²) in [5, 5.41) is 0. The van der Waals surface area contributed by atoms with Gasteiger partial charge in [0.1, 0.15) is 11.9 Å². The lowest BCUT2D eigenvalue weighted by atomic mass is 9.80. The Bertz CT molecular complexity index is 359. The van der Waals surface area contributed by atoms with Gasteiger partial charge in [-0.1, -0.05) is 0 Å². The number of carbonyl (C=O) groups is 2. The van der Waals surface area contributed by atoms with Gasteiger partial charge >= 0.3 is 13.6 Å². The monoisotopic (exact) mass is 278 g/mol. The van der Waals surface area contributed by atoms with Crippen molar-refractivity contribution in [3.05, 3.63) is 0 Å². The molecule has 1 atom stereocenters. The highest BCUT2D eigenvalue weighted by molar-refractivity contribution is 7.53. The molecule has 7 heteroatoms. The molecule has 1 saturated carbocycles. The van der Waals surface area contributed by atoms with Gasteiger partial charge in [-0.15, -0.1) is 0 Å². The van der Waals surface area contributed by atoms with Gasteiger partial charge in [0.15, 0.2) is 0 Å². The van der Waals surface area contributed by atoms with Gasteiger partial charge in [-0.2, -0.15) is 0 Å². The van der Waals surface area contributed by atoms with E-state index in [0.717, 1.165) is 7.11 Å². The van der Waals surface area contributed by atoms with Crippen LogP contribution < -0.4 is 0 Å². The Balaban J connectivity index is 2.46. The van der Waals surface area contributed by atoms with Crippen LogP contribution in [0.4, 0.5) is 0 Å². The number of esters is 1. The van der Waals surface area contributed by atoms with E-state index in [1.807, 2.05) is 0 Å². The summed E-state index contributed by atoms with van der Waals surface area (Å²) in [4.78, 5) is 32.3. The van der Waals surface area contributed by atoms with Crippen LogP contribution in [-0.4, -0.2) is 37.0 Å². The summed E-state index contributed by atoms with van der Waals surface area (Å²) in [6.45, 7) is 0. The van der Waals surface area contributed by atoms with Gasteiger partial charge in [-0.25, -0.2) is 0 Å². The number of hydrogen-bond donors (Lipinski definition) is 1. The fourth-order valence-corrected chi connectivity index (χ4v) is 2.99. The van der Waals surface area contributed by atoms with E-state index in [0.29, 0.717) is 25.7 Å². The molecular formula is C11H19O6P. The van der Waals surface area contributed by atoms with Crippen LogP contribution in [0, 0.1) is 11.8 Å². The predicted octanol–water partition coefficient (Wildman–Crippen LogP) is 1.37. The second-order valence-electron chi connectivity index (χ2n) is 4.52. The molecule has 1 unspecified atom stereocenters. The Morgan fingerprint density at radius 2 is 1.67 bits per heavy atom. The first-order valence-electron chi connectivity index (χ1n) is 5.87. The molecular weight excluding hydrogens is 259 g/mol. The summed E-state index contributed by atoms with van der Waals surface area (Å²) >= 11 is 0. The summed E-state index contributed by atoms with van der Waals surface area (Å²) in [5.41, 5.74) is 0. The van der Waals surface area contributed by atoms with Crippen molar-refractivity contribution < 1.29 is 28.3 Å². The first-order valence-corrected chi connectivity index (χ1v) is 7.64. The smallest absolute Gasteiger partial charge is 0.335 e. The van der Waals surface area contributed by atoms with E-state index in [-0.39, 0.29) is 23.6 Å². The fourth-order valence-electron chi connectivity index (χ4n) is 2.21.